The van der Waals surface area contributed by atoms with Gasteiger partial charge in [-0.25, -0.2) is 4.57 Å². The molecule has 0 bridgehead atoms. The molecule has 0 spiro atoms. The van der Waals surface area contributed by atoms with E-state index in [1.165, 1.54) is 38.5 Å². The summed E-state index contributed by atoms with van der Waals surface area (Å²) in [6.45, 7) is 8.83. The fraction of sp³-hybridized carbons (Fsp3) is 0.667. The van der Waals surface area contributed by atoms with E-state index in [0.29, 0.717) is 0 Å². The lowest BCUT2D eigenvalue weighted by atomic mass is 10.1. The predicted molar refractivity (Wildman–Crippen MR) is 87.3 cm³/mol. The number of hydrogen-bond donors (Lipinski definition) is 0. The second-order valence-corrected chi connectivity index (χ2v) is 5.58. The Morgan fingerprint density at radius 3 is 2.38 bits per heavy atom. The van der Waals surface area contributed by atoms with E-state index in [1.807, 2.05) is 37.1 Å². The largest absolute Gasteiger partial charge is 0.339 e. The number of carbonyl (C=O) groups excluding carboxylic acids is 1. The number of hydrogen-bond acceptors (Lipinski definition) is 1. The van der Waals surface area contributed by atoms with E-state index >= 15 is 0 Å². The second kappa shape index (κ2) is 10.4. The topological polar surface area (TPSA) is 24.2 Å². The maximum Gasteiger partial charge on any atom is 0.259 e. The van der Waals surface area contributed by atoms with Gasteiger partial charge in [-0.2, -0.15) is 0 Å². The van der Waals surface area contributed by atoms with Crippen LogP contribution < -0.4 is 4.57 Å². The first kappa shape index (κ1) is 17.7. The molecule has 0 aromatic carbocycles. The molecule has 1 aromatic rings. The SMILES string of the molecule is CCCCCCCC[n+]1cccc(C(=O)N(CC)CC)c1. The Hall–Kier alpha value is -1.38. The zero-order valence-electron chi connectivity index (χ0n) is 14.0. The Morgan fingerprint density at radius 1 is 1.05 bits per heavy atom. The summed E-state index contributed by atoms with van der Waals surface area (Å²) in [4.78, 5) is 14.2. The predicted octanol–water partition coefficient (Wildman–Crippen LogP) is 3.82. The van der Waals surface area contributed by atoms with Crippen LogP contribution in [0.1, 0.15) is 69.7 Å². The normalized spacial score (nSPS) is 10.6. The molecule has 3 heteroatoms. The molecule has 0 saturated heterocycles. The molecular weight excluding hydrogens is 260 g/mol. The molecule has 1 heterocycles. The van der Waals surface area contributed by atoms with Crippen molar-refractivity contribution >= 4 is 5.91 Å². The minimum atomic E-state index is 0.136. The third kappa shape index (κ3) is 6.28. The van der Waals surface area contributed by atoms with Crippen molar-refractivity contribution in [3.8, 4) is 0 Å². The van der Waals surface area contributed by atoms with Crippen LogP contribution in [-0.4, -0.2) is 23.9 Å². The maximum absolute atomic E-state index is 12.3. The molecule has 0 aliphatic carbocycles. The highest BCUT2D eigenvalue weighted by Crippen LogP contribution is 2.05. The van der Waals surface area contributed by atoms with Crippen LogP contribution in [-0.2, 0) is 6.54 Å². The molecule has 0 aliphatic heterocycles. The fourth-order valence-corrected chi connectivity index (χ4v) is 2.56. The first-order valence-corrected chi connectivity index (χ1v) is 8.51. The van der Waals surface area contributed by atoms with Crippen molar-refractivity contribution in [1.82, 2.24) is 4.90 Å². The van der Waals surface area contributed by atoms with E-state index in [0.717, 1.165) is 25.2 Å². The van der Waals surface area contributed by atoms with E-state index in [-0.39, 0.29) is 5.91 Å². The third-order valence-electron chi connectivity index (χ3n) is 3.93. The number of unbranched alkanes of at least 4 members (excludes halogenated alkanes) is 5. The molecular formula is C18H31N2O+. The molecule has 0 aliphatic rings. The Morgan fingerprint density at radius 2 is 1.71 bits per heavy atom. The van der Waals surface area contributed by atoms with Crippen LogP contribution in [0.5, 0.6) is 0 Å². The summed E-state index contributed by atoms with van der Waals surface area (Å²) in [6, 6.07) is 3.90. The van der Waals surface area contributed by atoms with Crippen molar-refractivity contribution in [1.29, 1.82) is 0 Å². The van der Waals surface area contributed by atoms with Gasteiger partial charge in [0, 0.05) is 25.6 Å². The van der Waals surface area contributed by atoms with Gasteiger partial charge in [0.1, 0.15) is 12.1 Å². The lowest BCUT2D eigenvalue weighted by Crippen LogP contribution is -2.36. The van der Waals surface area contributed by atoms with E-state index in [4.69, 9.17) is 0 Å². The number of nitrogens with zero attached hydrogens (tertiary/aromatic N) is 2. The van der Waals surface area contributed by atoms with Crippen molar-refractivity contribution in [2.75, 3.05) is 13.1 Å². The van der Waals surface area contributed by atoms with E-state index < -0.39 is 0 Å². The van der Waals surface area contributed by atoms with Gasteiger partial charge >= 0.3 is 0 Å². The van der Waals surface area contributed by atoms with Gasteiger partial charge in [0.25, 0.3) is 5.91 Å². The van der Waals surface area contributed by atoms with Crippen LogP contribution in [0, 0.1) is 0 Å². The van der Waals surface area contributed by atoms with Crippen LogP contribution >= 0.6 is 0 Å². The summed E-state index contributed by atoms with van der Waals surface area (Å²) in [6.07, 6.45) is 11.8. The van der Waals surface area contributed by atoms with Crippen LogP contribution in [0.2, 0.25) is 0 Å². The second-order valence-electron chi connectivity index (χ2n) is 5.58. The first-order valence-electron chi connectivity index (χ1n) is 8.51. The Bertz CT molecular complexity index is 413. The van der Waals surface area contributed by atoms with Gasteiger partial charge in [-0.05, 0) is 26.3 Å². The molecule has 1 rings (SSSR count). The quantitative estimate of drug-likeness (QED) is 0.475. The number of aryl methyl sites for hydroxylation is 1. The lowest BCUT2D eigenvalue weighted by molar-refractivity contribution is -0.697. The van der Waals surface area contributed by atoms with E-state index in [2.05, 4.69) is 17.7 Å². The van der Waals surface area contributed by atoms with Crippen LogP contribution in [0.15, 0.2) is 24.5 Å². The average molecular weight is 291 g/mol. The average Bonchev–Trinajstić information content (AvgIpc) is 2.52. The molecule has 1 aromatic heterocycles. The van der Waals surface area contributed by atoms with Crippen LogP contribution in [0.3, 0.4) is 0 Å². The third-order valence-corrected chi connectivity index (χ3v) is 3.93. The molecule has 0 fully saturated rings. The fourth-order valence-electron chi connectivity index (χ4n) is 2.56. The minimum absolute atomic E-state index is 0.136. The number of rotatable bonds is 10. The molecule has 0 atom stereocenters. The van der Waals surface area contributed by atoms with Gasteiger partial charge in [0.2, 0.25) is 0 Å². The maximum atomic E-state index is 12.3. The van der Waals surface area contributed by atoms with Gasteiger partial charge in [0.15, 0.2) is 12.4 Å². The van der Waals surface area contributed by atoms with E-state index in [9.17, 15) is 4.79 Å². The molecule has 3 nitrogen and oxygen atoms in total. The molecule has 0 saturated carbocycles. The van der Waals surface area contributed by atoms with Crippen molar-refractivity contribution < 1.29 is 9.36 Å². The van der Waals surface area contributed by atoms with Crippen molar-refractivity contribution in [2.45, 2.75) is 65.8 Å². The van der Waals surface area contributed by atoms with Crippen molar-refractivity contribution in [3.63, 3.8) is 0 Å². The summed E-state index contributed by atoms with van der Waals surface area (Å²) in [5, 5.41) is 0. The number of carbonyl (C=O) groups is 1. The molecule has 118 valence electrons. The first-order chi connectivity index (χ1) is 10.2. The van der Waals surface area contributed by atoms with Gasteiger partial charge < -0.3 is 4.90 Å². The van der Waals surface area contributed by atoms with Crippen molar-refractivity contribution in [3.05, 3.63) is 30.1 Å². The summed E-state index contributed by atoms with van der Waals surface area (Å²) in [5.74, 6) is 0.136. The van der Waals surface area contributed by atoms with Crippen molar-refractivity contribution in [2.24, 2.45) is 0 Å². The Balaban J connectivity index is 2.47. The molecule has 21 heavy (non-hydrogen) atoms. The lowest BCUT2D eigenvalue weighted by Gasteiger charge is -2.17. The van der Waals surface area contributed by atoms with E-state index in [1.54, 1.807) is 0 Å². The van der Waals surface area contributed by atoms with Crippen LogP contribution in [0.4, 0.5) is 0 Å². The highest BCUT2D eigenvalue weighted by Gasteiger charge is 2.15. The molecule has 0 radical (unpaired) electrons. The van der Waals surface area contributed by atoms with Gasteiger partial charge in [-0.3, -0.25) is 4.79 Å². The summed E-state index contributed by atoms with van der Waals surface area (Å²) < 4.78 is 2.15. The van der Waals surface area contributed by atoms with Crippen LogP contribution in [0.25, 0.3) is 0 Å². The standard InChI is InChI=1S/C18H31N2O/c1-4-7-8-9-10-11-14-19-15-12-13-17(16-19)18(21)20(5-2)6-3/h12-13,15-16H,4-11,14H2,1-3H3/q+1. The zero-order valence-corrected chi connectivity index (χ0v) is 14.0. The van der Waals surface area contributed by atoms with Gasteiger partial charge in [-0.15, -0.1) is 0 Å². The monoisotopic (exact) mass is 291 g/mol. The Kier molecular flexibility index (Phi) is 8.72. The number of aromatic nitrogens is 1. The molecule has 1 amide bonds. The number of pyridine rings is 1. The highest BCUT2D eigenvalue weighted by atomic mass is 16.2. The summed E-state index contributed by atoms with van der Waals surface area (Å²) in [5.41, 5.74) is 0.798. The summed E-state index contributed by atoms with van der Waals surface area (Å²) >= 11 is 0. The zero-order chi connectivity index (χ0) is 15.5. The Labute approximate surface area is 130 Å². The van der Waals surface area contributed by atoms with Gasteiger partial charge in [0.05, 0.1) is 0 Å². The number of amides is 1. The minimum Gasteiger partial charge on any atom is -0.339 e. The highest BCUT2D eigenvalue weighted by molar-refractivity contribution is 5.93. The smallest absolute Gasteiger partial charge is 0.259 e. The molecule has 0 N–H and O–H groups in total. The van der Waals surface area contributed by atoms with Gasteiger partial charge in [-0.1, -0.05) is 32.6 Å². The molecule has 0 unspecified atom stereocenters. The summed E-state index contributed by atoms with van der Waals surface area (Å²) in [7, 11) is 0.